The van der Waals surface area contributed by atoms with Crippen LogP contribution in [-0.2, 0) is 33.9 Å². The molecule has 2 N–H and O–H groups in total. The zero-order chi connectivity index (χ0) is 26.6. The molecule has 7 heteroatoms. The predicted octanol–water partition coefficient (Wildman–Crippen LogP) is 4.58. The Hall–Kier alpha value is -3.68. The van der Waals surface area contributed by atoms with Crippen molar-refractivity contribution < 1.29 is 29.3 Å². The Balaban J connectivity index is 1.44. The van der Waals surface area contributed by atoms with Gasteiger partial charge in [-0.05, 0) is 48.4 Å². The van der Waals surface area contributed by atoms with Crippen molar-refractivity contribution in [2.24, 2.45) is 0 Å². The fourth-order valence-corrected chi connectivity index (χ4v) is 5.29. The highest BCUT2D eigenvalue weighted by Gasteiger charge is 2.40. The van der Waals surface area contributed by atoms with Crippen LogP contribution in [-0.4, -0.2) is 45.2 Å². The molecule has 1 heterocycles. The summed E-state index contributed by atoms with van der Waals surface area (Å²) < 4.78 is 12.5. The van der Waals surface area contributed by atoms with Crippen LogP contribution in [0.15, 0.2) is 72.8 Å². The van der Waals surface area contributed by atoms with Gasteiger partial charge in [-0.25, -0.2) is 0 Å². The molecule has 0 radical (unpaired) electrons. The van der Waals surface area contributed by atoms with Gasteiger partial charge in [-0.2, -0.15) is 0 Å². The average Bonchev–Trinajstić information content (AvgIpc) is 2.90. The first-order chi connectivity index (χ1) is 18.4. The summed E-state index contributed by atoms with van der Waals surface area (Å²) in [6, 6.07) is 22.6. The SMILES string of the molecule is Cc1ccc2c(c1OCc1ccccc1)C[C@H](CC(=O)O)N(C(=O)[C@H](O[C@H]1C[C@@H](O)C1)c1ccccc1)C2. The zero-order valence-corrected chi connectivity index (χ0v) is 21.5. The number of carbonyl (C=O) groups is 2. The number of rotatable bonds is 9. The fraction of sp³-hybridized carbons (Fsp3) is 0.355. The van der Waals surface area contributed by atoms with Gasteiger partial charge in [0.05, 0.1) is 18.6 Å². The minimum atomic E-state index is -0.963. The molecule has 1 aliphatic carbocycles. The first-order valence-corrected chi connectivity index (χ1v) is 13.1. The van der Waals surface area contributed by atoms with Crippen LogP contribution in [0.25, 0.3) is 0 Å². The Labute approximate surface area is 222 Å². The van der Waals surface area contributed by atoms with E-state index in [1.165, 1.54) is 0 Å². The summed E-state index contributed by atoms with van der Waals surface area (Å²) in [6.07, 6.45) is -0.325. The molecule has 7 nitrogen and oxygen atoms in total. The van der Waals surface area contributed by atoms with Gasteiger partial charge >= 0.3 is 5.97 Å². The van der Waals surface area contributed by atoms with Gasteiger partial charge in [-0.3, -0.25) is 9.59 Å². The largest absolute Gasteiger partial charge is 0.488 e. The maximum absolute atomic E-state index is 14.0. The summed E-state index contributed by atoms with van der Waals surface area (Å²) in [6.45, 7) is 2.66. The Kier molecular flexibility index (Phi) is 7.77. The first-order valence-electron chi connectivity index (χ1n) is 13.1. The molecule has 1 saturated carbocycles. The van der Waals surface area contributed by atoms with Crippen molar-refractivity contribution in [3.63, 3.8) is 0 Å². The predicted molar refractivity (Wildman–Crippen MR) is 142 cm³/mol. The Morgan fingerprint density at radius 3 is 2.34 bits per heavy atom. The number of ether oxygens (including phenoxy) is 2. The highest BCUT2D eigenvalue weighted by molar-refractivity contribution is 5.84. The van der Waals surface area contributed by atoms with E-state index in [0.29, 0.717) is 25.9 Å². The lowest BCUT2D eigenvalue weighted by Crippen LogP contribution is -2.49. The van der Waals surface area contributed by atoms with Crippen LogP contribution in [0.4, 0.5) is 0 Å². The summed E-state index contributed by atoms with van der Waals surface area (Å²) >= 11 is 0. The summed E-state index contributed by atoms with van der Waals surface area (Å²) in [7, 11) is 0. The molecule has 2 aliphatic rings. The van der Waals surface area contributed by atoms with Crippen LogP contribution >= 0.6 is 0 Å². The van der Waals surface area contributed by atoms with Crippen molar-refractivity contribution in [3.05, 3.63) is 101 Å². The number of hydrogen-bond acceptors (Lipinski definition) is 5. The molecule has 198 valence electrons. The number of carbonyl (C=O) groups excluding carboxylic acids is 1. The normalized spacial score (nSPS) is 21.2. The Morgan fingerprint density at radius 1 is 1.00 bits per heavy atom. The Bertz CT molecular complexity index is 1270. The van der Waals surface area contributed by atoms with Gasteiger partial charge in [0, 0.05) is 18.2 Å². The van der Waals surface area contributed by atoms with Gasteiger partial charge in [0.25, 0.3) is 5.91 Å². The molecule has 3 aromatic rings. The number of nitrogens with zero attached hydrogens (tertiary/aromatic N) is 1. The number of aryl methyl sites for hydroxylation is 1. The van der Waals surface area contributed by atoms with Crippen LogP contribution in [0.1, 0.15) is 53.2 Å². The van der Waals surface area contributed by atoms with Crippen LogP contribution in [0, 0.1) is 6.92 Å². The minimum absolute atomic E-state index is 0.180. The molecule has 2 atom stereocenters. The second-order valence-electron chi connectivity index (χ2n) is 10.2. The lowest BCUT2D eigenvalue weighted by atomic mass is 9.89. The monoisotopic (exact) mass is 515 g/mol. The maximum atomic E-state index is 14.0. The smallest absolute Gasteiger partial charge is 0.305 e. The van der Waals surface area contributed by atoms with Gasteiger partial charge in [0.15, 0.2) is 6.10 Å². The van der Waals surface area contributed by atoms with Crippen LogP contribution in [0.5, 0.6) is 5.75 Å². The van der Waals surface area contributed by atoms with E-state index in [1.54, 1.807) is 4.90 Å². The van der Waals surface area contributed by atoms with Crippen molar-refractivity contribution in [1.82, 2.24) is 4.90 Å². The molecule has 5 rings (SSSR count). The molecule has 0 saturated heterocycles. The second-order valence-corrected chi connectivity index (χ2v) is 10.2. The summed E-state index contributed by atoms with van der Waals surface area (Å²) in [5.74, 6) is -0.468. The topological polar surface area (TPSA) is 96.3 Å². The van der Waals surface area contributed by atoms with Crippen molar-refractivity contribution in [3.8, 4) is 5.75 Å². The second kappa shape index (κ2) is 11.4. The fourth-order valence-electron chi connectivity index (χ4n) is 5.29. The molecular weight excluding hydrogens is 482 g/mol. The van der Waals surface area contributed by atoms with Crippen LogP contribution in [0.2, 0.25) is 0 Å². The van der Waals surface area contributed by atoms with Gasteiger partial charge in [-0.15, -0.1) is 0 Å². The maximum Gasteiger partial charge on any atom is 0.305 e. The number of carboxylic acids is 1. The third-order valence-electron chi connectivity index (χ3n) is 7.42. The Morgan fingerprint density at radius 2 is 1.68 bits per heavy atom. The molecular formula is C31H33NO6. The van der Waals surface area contributed by atoms with E-state index in [-0.39, 0.29) is 25.0 Å². The molecule has 1 fully saturated rings. The summed E-state index contributed by atoms with van der Waals surface area (Å²) in [4.78, 5) is 27.6. The van der Waals surface area contributed by atoms with Gasteiger partial charge in [0.1, 0.15) is 12.4 Å². The number of benzene rings is 3. The van der Waals surface area contributed by atoms with Crippen molar-refractivity contribution in [2.45, 2.75) is 70.1 Å². The van der Waals surface area contributed by atoms with E-state index in [0.717, 1.165) is 33.6 Å². The molecule has 0 unspecified atom stereocenters. The highest BCUT2D eigenvalue weighted by atomic mass is 16.5. The molecule has 3 aromatic carbocycles. The number of aliphatic hydroxyl groups excluding tert-OH is 1. The first kappa shape index (κ1) is 25.9. The molecule has 1 amide bonds. The number of fused-ring (bicyclic) bond motifs is 1. The molecule has 0 aromatic heterocycles. The number of aliphatic carboxylic acids is 1. The summed E-state index contributed by atoms with van der Waals surface area (Å²) in [5, 5.41) is 19.5. The molecule has 0 spiro atoms. The van der Waals surface area contributed by atoms with E-state index in [1.807, 2.05) is 79.7 Å². The summed E-state index contributed by atoms with van der Waals surface area (Å²) in [5.41, 5.74) is 4.63. The number of aliphatic hydroxyl groups is 1. The molecule has 0 bridgehead atoms. The van der Waals surface area contributed by atoms with Gasteiger partial charge in [0.2, 0.25) is 0 Å². The third kappa shape index (κ3) is 5.74. The highest BCUT2D eigenvalue weighted by Crippen LogP contribution is 2.38. The standard InChI is InChI=1S/C31H33NO6/c1-20-12-13-23-18-32(31(36)30(22-10-6-3-7-11-22)38-26-16-25(33)17-26)24(15-28(34)35)14-27(23)29(20)37-19-21-8-4-2-5-9-21/h2-13,24-26,30,33H,14-19H2,1H3,(H,34,35)/t24-,25-,26+,30-/m1/s1. The van der Waals surface area contributed by atoms with E-state index >= 15 is 0 Å². The van der Waals surface area contributed by atoms with E-state index in [4.69, 9.17) is 9.47 Å². The average molecular weight is 516 g/mol. The van der Waals surface area contributed by atoms with Crippen LogP contribution in [0.3, 0.4) is 0 Å². The lowest BCUT2D eigenvalue weighted by Gasteiger charge is -2.41. The number of hydrogen-bond donors (Lipinski definition) is 2. The zero-order valence-electron chi connectivity index (χ0n) is 21.5. The number of amides is 1. The van der Waals surface area contributed by atoms with Crippen molar-refractivity contribution >= 4 is 11.9 Å². The van der Waals surface area contributed by atoms with Crippen LogP contribution < -0.4 is 4.74 Å². The lowest BCUT2D eigenvalue weighted by molar-refractivity contribution is -0.163. The van der Waals surface area contributed by atoms with Gasteiger partial charge < -0.3 is 24.6 Å². The van der Waals surface area contributed by atoms with E-state index in [2.05, 4.69) is 0 Å². The number of carboxylic acid groups (broad SMARTS) is 1. The van der Waals surface area contributed by atoms with E-state index < -0.39 is 24.2 Å². The minimum Gasteiger partial charge on any atom is -0.488 e. The van der Waals surface area contributed by atoms with E-state index in [9.17, 15) is 19.8 Å². The van der Waals surface area contributed by atoms with Gasteiger partial charge in [-0.1, -0.05) is 72.8 Å². The molecule has 38 heavy (non-hydrogen) atoms. The van der Waals surface area contributed by atoms with Crippen molar-refractivity contribution in [1.29, 1.82) is 0 Å². The van der Waals surface area contributed by atoms with Crippen molar-refractivity contribution in [2.75, 3.05) is 0 Å². The third-order valence-corrected chi connectivity index (χ3v) is 7.42. The quantitative estimate of drug-likeness (QED) is 0.433. The molecule has 1 aliphatic heterocycles.